The zero-order valence-electron chi connectivity index (χ0n) is 12.5. The van der Waals surface area contributed by atoms with E-state index in [1.807, 2.05) is 62.4 Å². The molecule has 1 amide bonds. The van der Waals surface area contributed by atoms with Crippen LogP contribution in [0, 0.1) is 6.92 Å². The van der Waals surface area contributed by atoms with Crippen molar-refractivity contribution in [1.82, 2.24) is 5.32 Å². The van der Waals surface area contributed by atoms with Gasteiger partial charge in [0, 0.05) is 6.54 Å². The Kier molecular flexibility index (Phi) is 5.38. The summed E-state index contributed by atoms with van der Waals surface area (Å²) in [7, 11) is 0. The second kappa shape index (κ2) is 7.48. The van der Waals surface area contributed by atoms with E-state index in [0.29, 0.717) is 13.0 Å². The van der Waals surface area contributed by atoms with E-state index in [1.165, 1.54) is 5.56 Å². The lowest BCUT2D eigenvalue weighted by Crippen LogP contribution is -2.37. The number of amides is 1. The normalized spacial score (nSPS) is 11.7. The van der Waals surface area contributed by atoms with Crippen LogP contribution in [0.25, 0.3) is 0 Å². The molecule has 1 atom stereocenters. The van der Waals surface area contributed by atoms with Crippen molar-refractivity contribution in [3.63, 3.8) is 0 Å². The minimum Gasteiger partial charge on any atom is -0.481 e. The molecule has 0 aliphatic heterocycles. The van der Waals surface area contributed by atoms with Gasteiger partial charge in [-0.05, 0) is 31.0 Å². The monoisotopic (exact) mass is 283 g/mol. The van der Waals surface area contributed by atoms with E-state index in [9.17, 15) is 4.79 Å². The molecule has 110 valence electrons. The summed E-state index contributed by atoms with van der Waals surface area (Å²) in [6, 6.07) is 17.5. The predicted octanol–water partition coefficient (Wildman–Crippen LogP) is 3.47. The lowest BCUT2D eigenvalue weighted by Gasteiger charge is -2.17. The average Bonchev–Trinajstić information content (AvgIpc) is 2.51. The van der Waals surface area contributed by atoms with Crippen molar-refractivity contribution in [3.05, 3.63) is 65.7 Å². The number of hydrogen-bond acceptors (Lipinski definition) is 2. The van der Waals surface area contributed by atoms with Gasteiger partial charge in [-0.25, -0.2) is 0 Å². The number of carbonyl (C=O) groups is 1. The second-order valence-electron chi connectivity index (χ2n) is 5.03. The van der Waals surface area contributed by atoms with Crippen LogP contribution in [-0.4, -0.2) is 12.0 Å². The topological polar surface area (TPSA) is 38.3 Å². The molecule has 2 aromatic rings. The van der Waals surface area contributed by atoms with Crippen molar-refractivity contribution < 1.29 is 9.53 Å². The molecule has 2 aromatic carbocycles. The van der Waals surface area contributed by atoms with Crippen molar-refractivity contribution >= 4 is 5.91 Å². The molecule has 0 heterocycles. The molecule has 0 aliphatic rings. The van der Waals surface area contributed by atoms with Gasteiger partial charge in [0.2, 0.25) is 0 Å². The minimum atomic E-state index is -0.461. The highest BCUT2D eigenvalue weighted by molar-refractivity contribution is 5.81. The van der Waals surface area contributed by atoms with Crippen LogP contribution in [0.1, 0.15) is 24.5 Å². The Morgan fingerprint density at radius 2 is 1.90 bits per heavy atom. The molecule has 0 saturated heterocycles. The SMILES string of the molecule is CC[C@H](Oc1ccccc1)C(=O)NCc1cccc(C)c1. The van der Waals surface area contributed by atoms with Gasteiger partial charge in [-0.2, -0.15) is 0 Å². The zero-order valence-corrected chi connectivity index (χ0v) is 12.5. The molecule has 2 rings (SSSR count). The minimum absolute atomic E-state index is 0.0807. The number of ether oxygens (including phenoxy) is 1. The molecule has 3 nitrogen and oxygen atoms in total. The van der Waals surface area contributed by atoms with Crippen molar-refractivity contribution in [2.24, 2.45) is 0 Å². The lowest BCUT2D eigenvalue weighted by molar-refractivity contribution is -0.128. The van der Waals surface area contributed by atoms with E-state index >= 15 is 0 Å². The van der Waals surface area contributed by atoms with Gasteiger partial charge in [-0.1, -0.05) is 55.0 Å². The van der Waals surface area contributed by atoms with Crippen LogP contribution in [0.2, 0.25) is 0 Å². The van der Waals surface area contributed by atoms with Crippen molar-refractivity contribution in [3.8, 4) is 5.75 Å². The third-order valence-corrected chi connectivity index (χ3v) is 3.23. The van der Waals surface area contributed by atoms with E-state index in [0.717, 1.165) is 11.3 Å². The summed E-state index contributed by atoms with van der Waals surface area (Å²) in [6.45, 7) is 4.51. The lowest BCUT2D eigenvalue weighted by atomic mass is 10.1. The first kappa shape index (κ1) is 15.1. The number of nitrogens with one attached hydrogen (secondary N) is 1. The van der Waals surface area contributed by atoms with Crippen LogP contribution >= 0.6 is 0 Å². The maximum atomic E-state index is 12.2. The maximum absolute atomic E-state index is 12.2. The van der Waals surface area contributed by atoms with Gasteiger partial charge < -0.3 is 10.1 Å². The number of rotatable bonds is 6. The van der Waals surface area contributed by atoms with Crippen molar-refractivity contribution in [1.29, 1.82) is 0 Å². The van der Waals surface area contributed by atoms with E-state index in [2.05, 4.69) is 11.4 Å². The molecule has 0 aliphatic carbocycles. The van der Waals surface area contributed by atoms with Crippen LogP contribution in [0.5, 0.6) is 5.75 Å². The first-order valence-electron chi connectivity index (χ1n) is 7.24. The molecule has 1 N–H and O–H groups in total. The Morgan fingerprint density at radius 1 is 1.14 bits per heavy atom. The third kappa shape index (κ3) is 4.63. The van der Waals surface area contributed by atoms with Gasteiger partial charge in [0.25, 0.3) is 5.91 Å². The molecular weight excluding hydrogens is 262 g/mol. The summed E-state index contributed by atoms with van der Waals surface area (Å²) < 4.78 is 5.73. The van der Waals surface area contributed by atoms with Crippen LogP contribution in [0.15, 0.2) is 54.6 Å². The van der Waals surface area contributed by atoms with Gasteiger partial charge in [0.1, 0.15) is 5.75 Å². The van der Waals surface area contributed by atoms with Crippen LogP contribution in [-0.2, 0) is 11.3 Å². The third-order valence-electron chi connectivity index (χ3n) is 3.23. The molecule has 0 saturated carbocycles. The number of benzene rings is 2. The van der Waals surface area contributed by atoms with Crippen LogP contribution in [0.3, 0.4) is 0 Å². The predicted molar refractivity (Wildman–Crippen MR) is 84.2 cm³/mol. The van der Waals surface area contributed by atoms with Gasteiger partial charge in [-0.3, -0.25) is 4.79 Å². The fraction of sp³-hybridized carbons (Fsp3) is 0.278. The summed E-state index contributed by atoms with van der Waals surface area (Å²) in [5.74, 6) is 0.637. The fourth-order valence-electron chi connectivity index (χ4n) is 2.11. The molecule has 0 unspecified atom stereocenters. The zero-order chi connectivity index (χ0) is 15.1. The number of hydrogen-bond donors (Lipinski definition) is 1. The summed E-state index contributed by atoms with van der Waals surface area (Å²) in [5, 5.41) is 2.93. The maximum Gasteiger partial charge on any atom is 0.261 e. The number of para-hydroxylation sites is 1. The quantitative estimate of drug-likeness (QED) is 0.881. The molecular formula is C18H21NO2. The van der Waals surface area contributed by atoms with Gasteiger partial charge >= 0.3 is 0 Å². The van der Waals surface area contributed by atoms with Gasteiger partial charge in [0.15, 0.2) is 6.10 Å². The summed E-state index contributed by atoms with van der Waals surface area (Å²) in [4.78, 5) is 12.2. The smallest absolute Gasteiger partial charge is 0.261 e. The van der Waals surface area contributed by atoms with E-state index in [4.69, 9.17) is 4.74 Å². The number of aryl methyl sites for hydroxylation is 1. The largest absolute Gasteiger partial charge is 0.481 e. The van der Waals surface area contributed by atoms with Gasteiger partial charge in [0.05, 0.1) is 0 Å². The Hall–Kier alpha value is -2.29. The molecule has 0 fully saturated rings. The molecule has 0 aromatic heterocycles. The molecule has 0 radical (unpaired) electrons. The van der Waals surface area contributed by atoms with E-state index < -0.39 is 6.10 Å². The summed E-state index contributed by atoms with van der Waals surface area (Å²) in [5.41, 5.74) is 2.28. The summed E-state index contributed by atoms with van der Waals surface area (Å²) >= 11 is 0. The highest BCUT2D eigenvalue weighted by Gasteiger charge is 2.17. The first-order chi connectivity index (χ1) is 10.2. The average molecular weight is 283 g/mol. The van der Waals surface area contributed by atoms with Gasteiger partial charge in [-0.15, -0.1) is 0 Å². The highest BCUT2D eigenvalue weighted by Crippen LogP contribution is 2.13. The standard InChI is InChI=1S/C18H21NO2/c1-3-17(21-16-10-5-4-6-11-16)18(20)19-13-15-9-7-8-14(2)12-15/h4-12,17H,3,13H2,1-2H3,(H,19,20)/t17-/m0/s1. The Labute approximate surface area is 126 Å². The molecule has 21 heavy (non-hydrogen) atoms. The Morgan fingerprint density at radius 3 is 2.57 bits per heavy atom. The van der Waals surface area contributed by atoms with Crippen LogP contribution in [0.4, 0.5) is 0 Å². The van der Waals surface area contributed by atoms with E-state index in [1.54, 1.807) is 0 Å². The molecule has 3 heteroatoms. The van der Waals surface area contributed by atoms with Crippen molar-refractivity contribution in [2.75, 3.05) is 0 Å². The van der Waals surface area contributed by atoms with E-state index in [-0.39, 0.29) is 5.91 Å². The first-order valence-corrected chi connectivity index (χ1v) is 7.24. The van der Waals surface area contributed by atoms with Crippen LogP contribution < -0.4 is 10.1 Å². The molecule has 0 spiro atoms. The molecule has 0 bridgehead atoms. The Bertz CT molecular complexity index is 581. The van der Waals surface area contributed by atoms with Crippen molar-refractivity contribution in [2.45, 2.75) is 32.9 Å². The second-order valence-corrected chi connectivity index (χ2v) is 5.03. The number of carbonyl (C=O) groups excluding carboxylic acids is 1. The summed E-state index contributed by atoms with van der Waals surface area (Å²) in [6.07, 6.45) is 0.173. The fourth-order valence-corrected chi connectivity index (χ4v) is 2.11. The Balaban J connectivity index is 1.91. The highest BCUT2D eigenvalue weighted by atomic mass is 16.5.